The van der Waals surface area contributed by atoms with Gasteiger partial charge in [-0.1, -0.05) is 35.5 Å². The van der Waals surface area contributed by atoms with Gasteiger partial charge in [0, 0.05) is 17.8 Å². The van der Waals surface area contributed by atoms with Crippen LogP contribution in [0.2, 0.25) is 0 Å². The minimum Gasteiger partial charge on any atom is -0.351 e. The van der Waals surface area contributed by atoms with Crippen molar-refractivity contribution in [2.24, 2.45) is 0 Å². The Hall–Kier alpha value is -3.39. The molecule has 30 heavy (non-hydrogen) atoms. The van der Waals surface area contributed by atoms with Crippen molar-refractivity contribution in [3.63, 3.8) is 0 Å². The van der Waals surface area contributed by atoms with Crippen LogP contribution >= 0.6 is 12.2 Å². The van der Waals surface area contributed by atoms with E-state index >= 15 is 0 Å². The van der Waals surface area contributed by atoms with Gasteiger partial charge in [0.15, 0.2) is 5.11 Å². The Morgan fingerprint density at radius 3 is 2.67 bits per heavy atom. The summed E-state index contributed by atoms with van der Waals surface area (Å²) in [6, 6.07) is 11.7. The Morgan fingerprint density at radius 2 is 1.97 bits per heavy atom. The lowest BCUT2D eigenvalue weighted by Crippen LogP contribution is -2.45. The summed E-state index contributed by atoms with van der Waals surface area (Å²) in [7, 11) is 0. The Bertz CT molecular complexity index is 1140. The molecule has 0 aliphatic carbocycles. The van der Waals surface area contributed by atoms with Gasteiger partial charge in [-0.05, 0) is 49.0 Å². The topological polar surface area (TPSA) is 54.2 Å². The maximum absolute atomic E-state index is 13.6. The Kier molecular flexibility index (Phi) is 5.41. The van der Waals surface area contributed by atoms with Gasteiger partial charge in [-0.15, -0.1) is 6.58 Å². The van der Waals surface area contributed by atoms with Crippen LogP contribution < -0.4 is 5.32 Å². The lowest BCUT2D eigenvalue weighted by Gasteiger charge is -2.36. The molecule has 0 radical (unpaired) electrons. The van der Waals surface area contributed by atoms with Gasteiger partial charge < -0.3 is 14.7 Å². The number of hydrogen-bond acceptors (Lipinski definition) is 4. The van der Waals surface area contributed by atoms with E-state index in [0.29, 0.717) is 22.8 Å². The molecular weight excluding hydrogens is 406 g/mol. The first-order valence-corrected chi connectivity index (χ1v) is 9.64. The van der Waals surface area contributed by atoms with Gasteiger partial charge in [-0.25, -0.2) is 8.78 Å². The van der Waals surface area contributed by atoms with E-state index in [0.717, 1.165) is 11.3 Å². The third-order valence-corrected chi connectivity index (χ3v) is 5.19. The Labute approximate surface area is 177 Å². The zero-order valence-corrected chi connectivity index (χ0v) is 16.9. The molecule has 1 N–H and O–H groups in total. The summed E-state index contributed by atoms with van der Waals surface area (Å²) >= 11 is 5.52. The number of thiocarbonyl (C=S) groups is 1. The minimum atomic E-state index is -0.417. The van der Waals surface area contributed by atoms with E-state index < -0.39 is 6.04 Å². The number of nitrogens with zero attached hydrogens (tertiary/aromatic N) is 3. The number of benzene rings is 2. The lowest BCUT2D eigenvalue weighted by molar-refractivity contribution is 0.399. The van der Waals surface area contributed by atoms with Crippen molar-refractivity contribution in [2.75, 3.05) is 6.54 Å². The highest BCUT2D eigenvalue weighted by Gasteiger charge is 2.33. The largest absolute Gasteiger partial charge is 0.351 e. The van der Waals surface area contributed by atoms with Crippen molar-refractivity contribution < 1.29 is 13.3 Å². The fourth-order valence-corrected chi connectivity index (χ4v) is 3.72. The number of halogens is 2. The molecular formula is C22H18F2N4OS. The molecule has 2 heterocycles. The van der Waals surface area contributed by atoms with Gasteiger partial charge >= 0.3 is 0 Å². The molecule has 0 saturated heterocycles. The molecule has 0 amide bonds. The van der Waals surface area contributed by atoms with Crippen LogP contribution in [0.1, 0.15) is 24.4 Å². The molecule has 152 valence electrons. The quantitative estimate of drug-likeness (QED) is 0.466. The second-order valence-electron chi connectivity index (χ2n) is 6.77. The molecule has 4 rings (SSSR count). The molecule has 1 aliphatic heterocycles. The number of rotatable bonds is 5. The van der Waals surface area contributed by atoms with Crippen molar-refractivity contribution in [3.05, 3.63) is 90.0 Å². The molecule has 0 saturated carbocycles. The van der Waals surface area contributed by atoms with E-state index in [2.05, 4.69) is 22.0 Å². The molecule has 5 nitrogen and oxygen atoms in total. The van der Waals surface area contributed by atoms with Crippen molar-refractivity contribution >= 4 is 22.9 Å². The van der Waals surface area contributed by atoms with Crippen LogP contribution in [0, 0.1) is 11.6 Å². The first kappa shape index (κ1) is 19.9. The highest BCUT2D eigenvalue weighted by atomic mass is 32.1. The summed E-state index contributed by atoms with van der Waals surface area (Å²) < 4.78 is 32.6. The summed E-state index contributed by atoms with van der Waals surface area (Å²) in [4.78, 5) is 6.36. The predicted octanol–water partition coefficient (Wildman–Crippen LogP) is 4.86. The molecule has 3 aromatic rings. The number of aromatic nitrogens is 2. The van der Waals surface area contributed by atoms with E-state index in [1.807, 2.05) is 11.8 Å². The third kappa shape index (κ3) is 3.73. The van der Waals surface area contributed by atoms with E-state index in [4.69, 9.17) is 16.7 Å². The van der Waals surface area contributed by atoms with Gasteiger partial charge in [0.05, 0.1) is 11.6 Å². The monoisotopic (exact) mass is 424 g/mol. The Balaban J connectivity index is 1.82. The standard InChI is InChI=1S/C22H18F2N4OS/c1-3-11-28-13(2)18(19(25-22(28)30)14-7-9-16(23)10-8-14)21-26-20(27-29-21)15-5-4-6-17(24)12-15/h3-10,12,19H,1,11H2,2H3,(H,25,30). The second kappa shape index (κ2) is 8.16. The van der Waals surface area contributed by atoms with E-state index in [-0.39, 0.29) is 23.3 Å². The molecule has 0 spiro atoms. The normalized spacial score (nSPS) is 16.6. The van der Waals surface area contributed by atoms with Gasteiger partial charge in [0.1, 0.15) is 11.6 Å². The van der Waals surface area contributed by atoms with Gasteiger partial charge in [-0.3, -0.25) is 0 Å². The van der Waals surface area contributed by atoms with E-state index in [1.54, 1.807) is 30.3 Å². The maximum Gasteiger partial charge on any atom is 0.258 e. The number of allylic oxidation sites excluding steroid dienone is 1. The SMILES string of the molecule is C=CCN1C(=S)NC(c2ccc(F)cc2)C(c2nc(-c3cccc(F)c3)no2)=C1C. The molecule has 0 fully saturated rings. The van der Waals surface area contributed by atoms with Crippen molar-refractivity contribution in [2.45, 2.75) is 13.0 Å². The summed E-state index contributed by atoms with van der Waals surface area (Å²) in [5.41, 5.74) is 2.80. The molecule has 1 unspecified atom stereocenters. The first-order valence-electron chi connectivity index (χ1n) is 9.23. The molecule has 1 aromatic heterocycles. The highest BCUT2D eigenvalue weighted by Crippen LogP contribution is 2.37. The van der Waals surface area contributed by atoms with Crippen LogP contribution in [-0.4, -0.2) is 26.7 Å². The van der Waals surface area contributed by atoms with Crippen LogP contribution in [0.3, 0.4) is 0 Å². The van der Waals surface area contributed by atoms with E-state index in [1.165, 1.54) is 24.3 Å². The molecule has 1 atom stereocenters. The van der Waals surface area contributed by atoms with E-state index in [9.17, 15) is 8.78 Å². The van der Waals surface area contributed by atoms with Crippen molar-refractivity contribution in [3.8, 4) is 11.4 Å². The summed E-state index contributed by atoms with van der Waals surface area (Å²) in [5.74, 6) is -0.185. The summed E-state index contributed by atoms with van der Waals surface area (Å²) in [6.45, 7) is 6.17. The van der Waals surface area contributed by atoms with Crippen LogP contribution in [0.25, 0.3) is 17.0 Å². The van der Waals surface area contributed by atoms with Crippen LogP contribution in [0.5, 0.6) is 0 Å². The zero-order valence-electron chi connectivity index (χ0n) is 16.1. The fraction of sp³-hybridized carbons (Fsp3) is 0.136. The smallest absolute Gasteiger partial charge is 0.258 e. The molecule has 1 aliphatic rings. The molecule has 0 bridgehead atoms. The summed E-state index contributed by atoms with van der Waals surface area (Å²) in [5, 5.41) is 7.80. The predicted molar refractivity (Wildman–Crippen MR) is 114 cm³/mol. The maximum atomic E-state index is 13.6. The van der Waals surface area contributed by atoms with Gasteiger partial charge in [0.2, 0.25) is 5.82 Å². The Morgan fingerprint density at radius 1 is 1.20 bits per heavy atom. The van der Waals surface area contributed by atoms with Crippen molar-refractivity contribution in [1.82, 2.24) is 20.4 Å². The van der Waals surface area contributed by atoms with Crippen LogP contribution in [0.15, 0.2) is 71.4 Å². The lowest BCUT2D eigenvalue weighted by atomic mass is 9.95. The van der Waals surface area contributed by atoms with Gasteiger partial charge in [0.25, 0.3) is 5.89 Å². The average Bonchev–Trinajstić information content (AvgIpc) is 3.21. The highest BCUT2D eigenvalue weighted by molar-refractivity contribution is 7.80. The molecule has 2 aromatic carbocycles. The molecule has 8 heteroatoms. The number of nitrogens with one attached hydrogen (secondary N) is 1. The average molecular weight is 424 g/mol. The second-order valence-corrected chi connectivity index (χ2v) is 7.15. The van der Waals surface area contributed by atoms with Crippen LogP contribution in [-0.2, 0) is 0 Å². The zero-order chi connectivity index (χ0) is 21.3. The fourth-order valence-electron chi connectivity index (χ4n) is 3.39. The van der Waals surface area contributed by atoms with Crippen molar-refractivity contribution in [1.29, 1.82) is 0 Å². The van der Waals surface area contributed by atoms with Crippen LogP contribution in [0.4, 0.5) is 8.78 Å². The summed E-state index contributed by atoms with van der Waals surface area (Å²) in [6.07, 6.45) is 1.74. The third-order valence-electron chi connectivity index (χ3n) is 4.85. The first-order chi connectivity index (χ1) is 14.5. The number of hydrogen-bond donors (Lipinski definition) is 1. The minimum absolute atomic E-state index is 0.269. The van der Waals surface area contributed by atoms with Gasteiger partial charge in [-0.2, -0.15) is 4.98 Å².